The van der Waals surface area contributed by atoms with Gasteiger partial charge in [0.25, 0.3) is 11.8 Å². The van der Waals surface area contributed by atoms with E-state index in [0.717, 1.165) is 37.2 Å². The Kier molecular flexibility index (Phi) is 3.43. The van der Waals surface area contributed by atoms with Gasteiger partial charge in [0.15, 0.2) is 0 Å². The summed E-state index contributed by atoms with van der Waals surface area (Å²) >= 11 is 0. The molecular formula is C15H15N3O3. The smallest absolute Gasteiger partial charge is 0.328 e. The maximum absolute atomic E-state index is 11.8. The van der Waals surface area contributed by atoms with E-state index < -0.39 is 17.8 Å². The van der Waals surface area contributed by atoms with Crippen LogP contribution in [0.1, 0.15) is 18.4 Å². The molecule has 0 unspecified atom stereocenters. The molecule has 2 N–H and O–H groups in total. The van der Waals surface area contributed by atoms with Gasteiger partial charge in [-0.2, -0.15) is 0 Å². The van der Waals surface area contributed by atoms with Crippen molar-refractivity contribution in [2.24, 2.45) is 0 Å². The first-order chi connectivity index (χ1) is 10.1. The van der Waals surface area contributed by atoms with E-state index in [1.54, 1.807) is 0 Å². The van der Waals surface area contributed by atoms with Gasteiger partial charge in [0.2, 0.25) is 0 Å². The molecule has 0 aliphatic carbocycles. The van der Waals surface area contributed by atoms with Gasteiger partial charge in [-0.05, 0) is 30.5 Å². The van der Waals surface area contributed by atoms with Crippen LogP contribution >= 0.6 is 0 Å². The maximum Gasteiger partial charge on any atom is 0.328 e. The zero-order valence-corrected chi connectivity index (χ0v) is 11.4. The third kappa shape index (κ3) is 2.65. The second-order valence-corrected chi connectivity index (χ2v) is 5.05. The Morgan fingerprint density at radius 1 is 0.952 bits per heavy atom. The summed E-state index contributed by atoms with van der Waals surface area (Å²) in [4.78, 5) is 36.8. The van der Waals surface area contributed by atoms with Crippen molar-refractivity contribution in [2.75, 3.05) is 18.0 Å². The minimum atomic E-state index is -0.782. The largest absolute Gasteiger partial charge is 0.371 e. The number of hydrogen-bond donors (Lipinski definition) is 2. The highest BCUT2D eigenvalue weighted by atomic mass is 16.2. The minimum Gasteiger partial charge on any atom is -0.371 e. The summed E-state index contributed by atoms with van der Waals surface area (Å²) in [5, 5.41) is 4.15. The second kappa shape index (κ2) is 5.40. The van der Waals surface area contributed by atoms with Crippen molar-refractivity contribution < 1.29 is 14.4 Å². The molecule has 0 aromatic heterocycles. The van der Waals surface area contributed by atoms with Crippen LogP contribution in [0.4, 0.5) is 10.5 Å². The lowest BCUT2D eigenvalue weighted by molar-refractivity contribution is -0.123. The molecule has 0 atom stereocenters. The molecule has 0 bridgehead atoms. The normalized spacial score (nSPS) is 18.6. The molecule has 21 heavy (non-hydrogen) atoms. The Labute approximate surface area is 121 Å². The molecule has 3 rings (SSSR count). The van der Waals surface area contributed by atoms with Crippen LogP contribution in [0.2, 0.25) is 0 Å². The van der Waals surface area contributed by atoms with Gasteiger partial charge in [0.05, 0.1) is 0 Å². The van der Waals surface area contributed by atoms with Crippen LogP contribution in [0.15, 0.2) is 29.8 Å². The van der Waals surface area contributed by atoms with Crippen LogP contribution in [0.3, 0.4) is 0 Å². The highest BCUT2D eigenvalue weighted by Crippen LogP contribution is 2.26. The van der Waals surface area contributed by atoms with Gasteiger partial charge in [-0.1, -0.05) is 18.2 Å². The average molecular weight is 285 g/mol. The van der Waals surface area contributed by atoms with E-state index in [9.17, 15) is 14.4 Å². The predicted molar refractivity (Wildman–Crippen MR) is 77.5 cm³/mol. The van der Waals surface area contributed by atoms with Crippen LogP contribution in [-0.2, 0) is 9.59 Å². The molecule has 6 heteroatoms. The monoisotopic (exact) mass is 285 g/mol. The lowest BCUT2D eigenvalue weighted by Crippen LogP contribution is -2.51. The van der Waals surface area contributed by atoms with Gasteiger partial charge in [-0.3, -0.25) is 20.2 Å². The molecule has 0 saturated carbocycles. The van der Waals surface area contributed by atoms with Crippen LogP contribution < -0.4 is 15.5 Å². The summed E-state index contributed by atoms with van der Waals surface area (Å²) in [7, 11) is 0. The molecular weight excluding hydrogens is 270 g/mol. The van der Waals surface area contributed by atoms with E-state index in [0.29, 0.717) is 0 Å². The quantitative estimate of drug-likeness (QED) is 0.628. The summed E-state index contributed by atoms with van der Waals surface area (Å²) in [6.07, 6.45) is 3.81. The Balaban J connectivity index is 1.97. The molecule has 4 amide bonds. The Morgan fingerprint density at radius 2 is 1.57 bits per heavy atom. The van der Waals surface area contributed by atoms with E-state index in [1.807, 2.05) is 24.3 Å². The number of carbonyl (C=O) groups is 3. The van der Waals surface area contributed by atoms with Gasteiger partial charge in [0, 0.05) is 18.8 Å². The number of rotatable bonds is 2. The number of nitrogens with zero attached hydrogens (tertiary/aromatic N) is 1. The third-order valence-corrected chi connectivity index (χ3v) is 3.63. The van der Waals surface area contributed by atoms with Crippen LogP contribution in [0.25, 0.3) is 6.08 Å². The minimum absolute atomic E-state index is 0.0544. The number of imide groups is 2. The van der Waals surface area contributed by atoms with Crippen molar-refractivity contribution in [1.29, 1.82) is 0 Å². The zero-order chi connectivity index (χ0) is 14.8. The summed E-state index contributed by atoms with van der Waals surface area (Å²) < 4.78 is 0. The number of benzene rings is 1. The van der Waals surface area contributed by atoms with Crippen molar-refractivity contribution in [3.8, 4) is 0 Å². The zero-order valence-electron chi connectivity index (χ0n) is 11.4. The van der Waals surface area contributed by atoms with E-state index >= 15 is 0 Å². The Hall–Kier alpha value is -2.63. The summed E-state index contributed by atoms with van der Waals surface area (Å²) in [5.74, 6) is -1.33. The van der Waals surface area contributed by atoms with Gasteiger partial charge in [-0.25, -0.2) is 4.79 Å². The van der Waals surface area contributed by atoms with E-state index in [4.69, 9.17) is 0 Å². The number of barbiturate groups is 1. The lowest BCUT2D eigenvalue weighted by atomic mass is 10.1. The Morgan fingerprint density at radius 3 is 2.24 bits per heavy atom. The number of anilines is 1. The highest BCUT2D eigenvalue weighted by Gasteiger charge is 2.28. The molecule has 1 aromatic rings. The number of carbonyl (C=O) groups excluding carboxylic acids is 3. The summed E-state index contributed by atoms with van der Waals surface area (Å²) in [5.41, 5.74) is 1.75. The number of para-hydroxylation sites is 1. The molecule has 1 aromatic carbocycles. The third-order valence-electron chi connectivity index (χ3n) is 3.63. The molecule has 2 heterocycles. The maximum atomic E-state index is 11.8. The second-order valence-electron chi connectivity index (χ2n) is 5.05. The SMILES string of the molecule is O=C1NC(=O)C(=Cc2ccccc2N2CCCC2)C(=O)N1. The highest BCUT2D eigenvalue weighted by molar-refractivity contribution is 6.31. The number of hydrogen-bond acceptors (Lipinski definition) is 4. The molecule has 2 aliphatic rings. The van der Waals surface area contributed by atoms with Crippen molar-refractivity contribution in [3.05, 3.63) is 35.4 Å². The summed E-state index contributed by atoms with van der Waals surface area (Å²) in [6, 6.07) is 6.84. The standard InChI is InChI=1S/C15H15N3O3/c19-13-11(14(20)17-15(21)16-13)9-10-5-1-2-6-12(10)18-7-3-4-8-18/h1-2,5-6,9H,3-4,7-8H2,(H2,16,17,19,20,21). The summed E-state index contributed by atoms with van der Waals surface area (Å²) in [6.45, 7) is 1.94. The fourth-order valence-corrected chi connectivity index (χ4v) is 2.62. The van der Waals surface area contributed by atoms with Gasteiger partial charge in [0.1, 0.15) is 5.57 Å². The molecule has 0 radical (unpaired) electrons. The van der Waals surface area contributed by atoms with Crippen molar-refractivity contribution in [2.45, 2.75) is 12.8 Å². The average Bonchev–Trinajstić information content (AvgIpc) is 2.97. The van der Waals surface area contributed by atoms with E-state index in [-0.39, 0.29) is 5.57 Å². The molecule has 2 fully saturated rings. The number of amides is 4. The fraction of sp³-hybridized carbons (Fsp3) is 0.267. The Bertz CT molecular complexity index is 623. The molecule has 2 saturated heterocycles. The van der Waals surface area contributed by atoms with Crippen LogP contribution in [0.5, 0.6) is 0 Å². The molecule has 0 spiro atoms. The van der Waals surface area contributed by atoms with E-state index in [2.05, 4.69) is 15.5 Å². The van der Waals surface area contributed by atoms with Gasteiger partial charge in [-0.15, -0.1) is 0 Å². The van der Waals surface area contributed by atoms with Crippen LogP contribution in [-0.4, -0.2) is 30.9 Å². The number of urea groups is 1. The predicted octanol–water partition coefficient (Wildman–Crippen LogP) is 1.04. The lowest BCUT2D eigenvalue weighted by Gasteiger charge is -2.21. The van der Waals surface area contributed by atoms with Crippen molar-refractivity contribution in [1.82, 2.24) is 10.6 Å². The first-order valence-electron chi connectivity index (χ1n) is 6.87. The van der Waals surface area contributed by atoms with E-state index in [1.165, 1.54) is 6.08 Å². The number of nitrogens with one attached hydrogen (secondary N) is 2. The van der Waals surface area contributed by atoms with Crippen molar-refractivity contribution in [3.63, 3.8) is 0 Å². The first-order valence-corrected chi connectivity index (χ1v) is 6.87. The topological polar surface area (TPSA) is 78.5 Å². The van der Waals surface area contributed by atoms with Gasteiger partial charge < -0.3 is 4.90 Å². The van der Waals surface area contributed by atoms with Crippen molar-refractivity contribution >= 4 is 29.6 Å². The first kappa shape index (κ1) is 13.4. The molecule has 6 nitrogen and oxygen atoms in total. The fourth-order valence-electron chi connectivity index (χ4n) is 2.62. The van der Waals surface area contributed by atoms with Gasteiger partial charge >= 0.3 is 6.03 Å². The van der Waals surface area contributed by atoms with Crippen LogP contribution in [0, 0.1) is 0 Å². The molecule has 108 valence electrons. The molecule has 2 aliphatic heterocycles.